The van der Waals surface area contributed by atoms with E-state index in [9.17, 15) is 0 Å². The number of aromatic nitrogens is 2. The van der Waals surface area contributed by atoms with Crippen LogP contribution in [0.1, 0.15) is 11.3 Å². The molecule has 1 aliphatic heterocycles. The minimum Gasteiger partial charge on any atom is -0.382 e. The van der Waals surface area contributed by atoms with Gasteiger partial charge in [-0.05, 0) is 28.1 Å². The van der Waals surface area contributed by atoms with E-state index in [1.807, 2.05) is 12.1 Å². The quantitative estimate of drug-likeness (QED) is 0.788. The molecule has 0 unspecified atom stereocenters. The van der Waals surface area contributed by atoms with Crippen molar-refractivity contribution in [2.45, 2.75) is 13.0 Å². The van der Waals surface area contributed by atoms with Gasteiger partial charge in [0.1, 0.15) is 0 Å². The first kappa shape index (κ1) is 13.2. The summed E-state index contributed by atoms with van der Waals surface area (Å²) >= 11 is 15.8. The van der Waals surface area contributed by atoms with Gasteiger partial charge in [0.15, 0.2) is 5.82 Å². The number of nitrogens with zero attached hydrogens (tertiary/aromatic N) is 2. The van der Waals surface area contributed by atoms with Crippen LogP contribution in [-0.2, 0) is 17.8 Å². The summed E-state index contributed by atoms with van der Waals surface area (Å²) < 4.78 is 7.91. The number of benzene rings is 1. The lowest BCUT2D eigenvalue weighted by Gasteiger charge is -2.15. The van der Waals surface area contributed by atoms with E-state index >= 15 is 0 Å². The molecule has 0 bridgehead atoms. The molecule has 0 radical (unpaired) electrons. The first-order chi connectivity index (χ1) is 9.09. The third kappa shape index (κ3) is 2.14. The average molecular weight is 363 g/mol. The topological polar surface area (TPSA) is 53.1 Å². The Morgan fingerprint density at radius 3 is 2.89 bits per heavy atom. The van der Waals surface area contributed by atoms with Gasteiger partial charge in [-0.2, -0.15) is 0 Å². The number of hydrogen-bond acceptors (Lipinski definition) is 3. The summed E-state index contributed by atoms with van der Waals surface area (Å²) in [5.41, 5.74) is 8.61. The summed E-state index contributed by atoms with van der Waals surface area (Å²) in [6, 6.07) is 3.70. The zero-order valence-corrected chi connectivity index (χ0v) is 12.9. The Bertz CT molecular complexity index is 657. The summed E-state index contributed by atoms with van der Waals surface area (Å²) in [5.74, 6) is 0.477. The summed E-state index contributed by atoms with van der Waals surface area (Å²) in [5, 5.41) is 5.27. The smallest absolute Gasteiger partial charge is 0.151 e. The lowest BCUT2D eigenvalue weighted by Crippen LogP contribution is -2.13. The van der Waals surface area contributed by atoms with Crippen LogP contribution in [-0.4, -0.2) is 16.4 Å². The standard InChI is InChI=1S/C12H10BrCl2N3O/c13-7-1-2-9(11(15)10(7)14)18-8-3-4-19-5-6(8)12(16)17-18/h1-2H,3-5H2,(H2,16,17). The van der Waals surface area contributed by atoms with E-state index in [2.05, 4.69) is 21.0 Å². The predicted octanol–water partition coefficient (Wildman–Crippen LogP) is 3.60. The lowest BCUT2D eigenvalue weighted by atomic mass is 10.1. The van der Waals surface area contributed by atoms with Gasteiger partial charge >= 0.3 is 0 Å². The molecule has 7 heteroatoms. The minimum atomic E-state index is 0.452. The maximum atomic E-state index is 6.29. The monoisotopic (exact) mass is 361 g/mol. The summed E-state index contributed by atoms with van der Waals surface area (Å²) in [6.45, 7) is 1.14. The van der Waals surface area contributed by atoms with E-state index < -0.39 is 0 Å². The van der Waals surface area contributed by atoms with Crippen LogP contribution in [0.25, 0.3) is 5.69 Å². The molecule has 0 fully saturated rings. The molecular formula is C12H10BrCl2N3O. The minimum absolute atomic E-state index is 0.452. The maximum absolute atomic E-state index is 6.29. The highest BCUT2D eigenvalue weighted by Crippen LogP contribution is 2.36. The van der Waals surface area contributed by atoms with Crippen LogP contribution in [0.5, 0.6) is 0 Å². The van der Waals surface area contributed by atoms with Crippen LogP contribution >= 0.6 is 39.1 Å². The summed E-state index contributed by atoms with van der Waals surface area (Å²) in [7, 11) is 0. The van der Waals surface area contributed by atoms with E-state index in [0.717, 1.165) is 27.8 Å². The van der Waals surface area contributed by atoms with Gasteiger partial charge in [0, 0.05) is 16.5 Å². The Morgan fingerprint density at radius 2 is 2.11 bits per heavy atom. The highest BCUT2D eigenvalue weighted by molar-refractivity contribution is 9.10. The molecule has 1 aromatic carbocycles. The van der Waals surface area contributed by atoms with Crippen molar-refractivity contribution in [3.8, 4) is 5.69 Å². The van der Waals surface area contributed by atoms with E-state index in [-0.39, 0.29) is 0 Å². The normalized spacial score (nSPS) is 14.5. The average Bonchev–Trinajstić information content (AvgIpc) is 2.74. The molecule has 0 atom stereocenters. The van der Waals surface area contributed by atoms with E-state index in [0.29, 0.717) is 29.1 Å². The molecule has 0 spiro atoms. The lowest BCUT2D eigenvalue weighted by molar-refractivity contribution is 0.110. The van der Waals surface area contributed by atoms with Crippen LogP contribution < -0.4 is 5.73 Å². The number of nitrogen functional groups attached to an aromatic ring is 1. The van der Waals surface area contributed by atoms with Crippen LogP contribution in [0.2, 0.25) is 10.0 Å². The van der Waals surface area contributed by atoms with Crippen molar-refractivity contribution >= 4 is 44.9 Å². The van der Waals surface area contributed by atoms with Crippen molar-refractivity contribution in [3.05, 3.63) is 37.9 Å². The number of nitrogens with two attached hydrogens (primary N) is 1. The second-order valence-electron chi connectivity index (χ2n) is 4.22. The fraction of sp³-hybridized carbons (Fsp3) is 0.250. The van der Waals surface area contributed by atoms with Gasteiger partial charge in [-0.1, -0.05) is 23.2 Å². The summed E-state index contributed by atoms with van der Waals surface area (Å²) in [6.07, 6.45) is 0.754. The third-order valence-corrected chi connectivity index (χ3v) is 4.85. The molecule has 0 saturated heterocycles. The van der Waals surface area contributed by atoms with Crippen molar-refractivity contribution in [2.75, 3.05) is 12.3 Å². The van der Waals surface area contributed by atoms with Crippen molar-refractivity contribution in [2.24, 2.45) is 0 Å². The van der Waals surface area contributed by atoms with Gasteiger partial charge in [0.25, 0.3) is 0 Å². The van der Waals surface area contributed by atoms with Crippen molar-refractivity contribution in [1.82, 2.24) is 9.78 Å². The van der Waals surface area contributed by atoms with Gasteiger partial charge < -0.3 is 10.5 Å². The molecular weight excluding hydrogens is 353 g/mol. The van der Waals surface area contributed by atoms with Gasteiger partial charge in [-0.15, -0.1) is 5.10 Å². The first-order valence-corrected chi connectivity index (χ1v) is 7.22. The zero-order valence-electron chi connectivity index (χ0n) is 9.79. The molecule has 2 heterocycles. The second kappa shape index (κ2) is 4.98. The van der Waals surface area contributed by atoms with Crippen molar-refractivity contribution in [1.29, 1.82) is 0 Å². The molecule has 3 rings (SSSR count). The Balaban J connectivity index is 2.20. The number of hydrogen-bond donors (Lipinski definition) is 1. The van der Waals surface area contributed by atoms with Crippen molar-refractivity contribution < 1.29 is 4.74 Å². The molecule has 0 saturated carbocycles. The zero-order chi connectivity index (χ0) is 13.6. The largest absolute Gasteiger partial charge is 0.382 e. The maximum Gasteiger partial charge on any atom is 0.151 e. The van der Waals surface area contributed by atoms with Crippen LogP contribution in [0.4, 0.5) is 5.82 Å². The predicted molar refractivity (Wildman–Crippen MR) is 79.1 cm³/mol. The number of anilines is 1. The Kier molecular flexibility index (Phi) is 3.47. The highest BCUT2D eigenvalue weighted by Gasteiger charge is 2.22. The Morgan fingerprint density at radius 1 is 1.32 bits per heavy atom. The van der Waals surface area contributed by atoms with Crippen LogP contribution in [0.3, 0.4) is 0 Å². The summed E-state index contributed by atoms with van der Waals surface area (Å²) in [4.78, 5) is 0. The molecule has 0 aliphatic carbocycles. The molecule has 19 heavy (non-hydrogen) atoms. The Hall–Kier alpha value is -0.750. The molecule has 1 aromatic heterocycles. The molecule has 4 nitrogen and oxygen atoms in total. The number of halogens is 3. The number of fused-ring (bicyclic) bond motifs is 1. The van der Waals surface area contributed by atoms with Gasteiger partial charge in [0.05, 0.1) is 34.6 Å². The van der Waals surface area contributed by atoms with Crippen LogP contribution in [0, 0.1) is 0 Å². The van der Waals surface area contributed by atoms with E-state index in [4.69, 9.17) is 33.7 Å². The molecule has 2 N–H and O–H groups in total. The molecule has 2 aromatic rings. The van der Waals surface area contributed by atoms with E-state index in [1.54, 1.807) is 4.68 Å². The van der Waals surface area contributed by atoms with Crippen molar-refractivity contribution in [3.63, 3.8) is 0 Å². The third-order valence-electron chi connectivity index (χ3n) is 3.09. The van der Waals surface area contributed by atoms with Crippen LogP contribution in [0.15, 0.2) is 16.6 Å². The first-order valence-electron chi connectivity index (χ1n) is 5.67. The Labute approximate surface area is 128 Å². The molecule has 100 valence electrons. The second-order valence-corrected chi connectivity index (χ2v) is 5.83. The van der Waals surface area contributed by atoms with Gasteiger partial charge in [-0.25, -0.2) is 4.68 Å². The fourth-order valence-electron chi connectivity index (χ4n) is 2.14. The fourth-order valence-corrected chi connectivity index (χ4v) is 2.99. The van der Waals surface area contributed by atoms with Gasteiger partial charge in [-0.3, -0.25) is 0 Å². The highest BCUT2D eigenvalue weighted by atomic mass is 79.9. The van der Waals surface area contributed by atoms with Gasteiger partial charge in [0.2, 0.25) is 0 Å². The number of ether oxygens (including phenoxy) is 1. The SMILES string of the molecule is Nc1nn(-c2ccc(Br)c(Cl)c2Cl)c2c1COCC2. The molecule has 0 amide bonds. The molecule has 1 aliphatic rings. The van der Waals surface area contributed by atoms with E-state index in [1.165, 1.54) is 0 Å². The number of rotatable bonds is 1.